The highest BCUT2D eigenvalue weighted by molar-refractivity contribution is 9.10. The third kappa shape index (κ3) is 3.16. The Labute approximate surface area is 171 Å². The number of anilines is 1. The van der Waals surface area contributed by atoms with Crippen LogP contribution in [0.2, 0.25) is 0 Å². The van der Waals surface area contributed by atoms with Crippen LogP contribution in [-0.4, -0.2) is 22.9 Å². The van der Waals surface area contributed by atoms with Crippen molar-refractivity contribution < 1.29 is 18.8 Å². The van der Waals surface area contributed by atoms with Gasteiger partial charge in [-0.1, -0.05) is 15.9 Å². The standard InChI is InChI=1S/C19H11BrFN3O3S/c1-9(25)24-14-7-2-10(20)8-13(14)15(18(24)27)16-17(26)23-19(28-16)22-12-5-3-11(21)4-6-12/h2-8H,1H3,(H,22,23,26). The Morgan fingerprint density at radius 3 is 2.57 bits per heavy atom. The van der Waals surface area contributed by atoms with Crippen LogP contribution in [0, 0.1) is 5.82 Å². The van der Waals surface area contributed by atoms with Crippen LogP contribution in [0.5, 0.6) is 0 Å². The van der Waals surface area contributed by atoms with Crippen molar-refractivity contribution in [1.82, 2.24) is 5.32 Å². The summed E-state index contributed by atoms with van der Waals surface area (Å²) in [7, 11) is 0. The molecule has 0 spiro atoms. The van der Waals surface area contributed by atoms with Crippen LogP contribution in [0.25, 0.3) is 5.57 Å². The molecule has 3 amide bonds. The molecule has 1 fully saturated rings. The molecule has 0 bridgehead atoms. The van der Waals surface area contributed by atoms with E-state index in [2.05, 4.69) is 26.2 Å². The number of nitrogens with one attached hydrogen (secondary N) is 1. The van der Waals surface area contributed by atoms with Crippen molar-refractivity contribution in [3.8, 4) is 0 Å². The topological polar surface area (TPSA) is 78.8 Å². The number of amidine groups is 1. The molecular weight excluding hydrogens is 449 g/mol. The Hall–Kier alpha value is -2.78. The summed E-state index contributed by atoms with van der Waals surface area (Å²) in [6, 6.07) is 10.5. The highest BCUT2D eigenvalue weighted by atomic mass is 79.9. The maximum Gasteiger partial charge on any atom is 0.267 e. The average molecular weight is 460 g/mol. The zero-order chi connectivity index (χ0) is 20.0. The Morgan fingerprint density at radius 1 is 1.18 bits per heavy atom. The summed E-state index contributed by atoms with van der Waals surface area (Å²) < 4.78 is 13.8. The second kappa shape index (κ2) is 6.99. The van der Waals surface area contributed by atoms with Gasteiger partial charge in [-0.2, -0.15) is 0 Å². The van der Waals surface area contributed by atoms with Gasteiger partial charge < -0.3 is 5.32 Å². The van der Waals surface area contributed by atoms with Gasteiger partial charge in [0.05, 0.1) is 21.9 Å². The first kappa shape index (κ1) is 18.6. The summed E-state index contributed by atoms with van der Waals surface area (Å²) in [6.45, 7) is 1.29. The first-order valence-corrected chi connectivity index (χ1v) is 9.69. The van der Waals surface area contributed by atoms with Crippen molar-refractivity contribution in [2.75, 3.05) is 4.90 Å². The van der Waals surface area contributed by atoms with Gasteiger partial charge in [-0.15, -0.1) is 0 Å². The lowest BCUT2D eigenvalue weighted by molar-refractivity contribution is -0.122. The van der Waals surface area contributed by atoms with Crippen LogP contribution in [0.1, 0.15) is 12.5 Å². The highest BCUT2D eigenvalue weighted by Crippen LogP contribution is 2.44. The normalized spacial score (nSPS) is 20.0. The van der Waals surface area contributed by atoms with Gasteiger partial charge in [0.2, 0.25) is 5.91 Å². The number of hydrogen-bond donors (Lipinski definition) is 1. The fourth-order valence-corrected chi connectivity index (χ4v) is 4.23. The molecule has 9 heteroatoms. The molecule has 6 nitrogen and oxygen atoms in total. The quantitative estimate of drug-likeness (QED) is 0.658. The molecule has 0 aliphatic carbocycles. The van der Waals surface area contributed by atoms with E-state index >= 15 is 0 Å². The monoisotopic (exact) mass is 459 g/mol. The Balaban J connectivity index is 1.79. The van der Waals surface area contributed by atoms with Crippen molar-refractivity contribution in [2.45, 2.75) is 6.92 Å². The van der Waals surface area contributed by atoms with E-state index in [1.807, 2.05) is 0 Å². The van der Waals surface area contributed by atoms with Crippen molar-refractivity contribution in [3.63, 3.8) is 0 Å². The third-order valence-corrected chi connectivity index (χ3v) is 5.58. The van der Waals surface area contributed by atoms with Crippen molar-refractivity contribution in [2.24, 2.45) is 4.99 Å². The molecule has 0 unspecified atom stereocenters. The maximum atomic E-state index is 13.0. The van der Waals surface area contributed by atoms with Gasteiger partial charge in [0.15, 0.2) is 5.17 Å². The Kier molecular flexibility index (Phi) is 4.64. The molecule has 1 saturated heterocycles. The zero-order valence-corrected chi connectivity index (χ0v) is 16.7. The van der Waals surface area contributed by atoms with E-state index in [-0.39, 0.29) is 15.6 Å². The first-order chi connectivity index (χ1) is 13.3. The minimum atomic E-state index is -0.554. The molecular formula is C19H11BrFN3O3S. The predicted octanol–water partition coefficient (Wildman–Crippen LogP) is 3.74. The van der Waals surface area contributed by atoms with Crippen LogP contribution in [0.15, 0.2) is 56.8 Å². The lowest BCUT2D eigenvalue weighted by Gasteiger charge is -2.11. The van der Waals surface area contributed by atoms with E-state index < -0.39 is 23.5 Å². The molecule has 2 aromatic rings. The van der Waals surface area contributed by atoms with Gasteiger partial charge in [-0.25, -0.2) is 14.3 Å². The van der Waals surface area contributed by atoms with Crippen LogP contribution in [0.3, 0.4) is 0 Å². The number of carbonyl (C=O) groups excluding carboxylic acids is 3. The lowest BCUT2D eigenvalue weighted by Crippen LogP contribution is -2.31. The molecule has 2 aliphatic heterocycles. The number of amides is 3. The first-order valence-electron chi connectivity index (χ1n) is 8.08. The zero-order valence-electron chi connectivity index (χ0n) is 14.3. The van der Waals surface area contributed by atoms with Gasteiger partial charge in [-0.3, -0.25) is 14.4 Å². The molecule has 0 atom stereocenters. The molecule has 0 radical (unpaired) electrons. The minimum absolute atomic E-state index is 0.151. The SMILES string of the molecule is CC(=O)N1C(=O)C(=C2SC(=Nc3ccc(F)cc3)NC2=O)c2cc(Br)ccc21. The second-order valence-electron chi connectivity index (χ2n) is 5.97. The summed E-state index contributed by atoms with van der Waals surface area (Å²) in [5.74, 6) is -1.86. The molecule has 2 heterocycles. The minimum Gasteiger partial charge on any atom is -0.300 e. The fourth-order valence-electron chi connectivity index (χ4n) is 2.94. The van der Waals surface area contributed by atoms with E-state index in [0.717, 1.165) is 16.7 Å². The fraction of sp³-hybridized carbons (Fsp3) is 0.0526. The number of thioether (sulfide) groups is 1. The smallest absolute Gasteiger partial charge is 0.267 e. The Morgan fingerprint density at radius 2 is 1.89 bits per heavy atom. The summed E-state index contributed by atoms with van der Waals surface area (Å²) in [4.78, 5) is 42.9. The van der Waals surface area contributed by atoms with E-state index in [1.165, 1.54) is 31.2 Å². The molecule has 2 aromatic carbocycles. The van der Waals surface area contributed by atoms with Gasteiger partial charge in [0.1, 0.15) is 5.82 Å². The van der Waals surface area contributed by atoms with E-state index in [0.29, 0.717) is 21.4 Å². The lowest BCUT2D eigenvalue weighted by atomic mass is 10.1. The number of rotatable bonds is 1. The molecule has 2 aliphatic rings. The van der Waals surface area contributed by atoms with Crippen LogP contribution in [-0.2, 0) is 14.4 Å². The van der Waals surface area contributed by atoms with Crippen molar-refractivity contribution in [1.29, 1.82) is 0 Å². The van der Waals surface area contributed by atoms with Crippen LogP contribution in [0.4, 0.5) is 15.8 Å². The summed E-state index contributed by atoms with van der Waals surface area (Å²) in [5, 5.41) is 2.88. The van der Waals surface area contributed by atoms with Gasteiger partial charge in [0, 0.05) is 17.0 Å². The second-order valence-corrected chi connectivity index (χ2v) is 7.89. The van der Waals surface area contributed by atoms with E-state index in [4.69, 9.17) is 0 Å². The average Bonchev–Trinajstić information content (AvgIpc) is 3.12. The molecule has 0 aromatic heterocycles. The highest BCUT2D eigenvalue weighted by Gasteiger charge is 2.41. The van der Waals surface area contributed by atoms with Crippen LogP contribution < -0.4 is 10.2 Å². The number of nitrogens with zero attached hydrogens (tertiary/aromatic N) is 2. The number of aliphatic imine (C=N–C) groups is 1. The molecule has 4 rings (SSSR count). The van der Waals surface area contributed by atoms with Gasteiger partial charge in [0.25, 0.3) is 11.8 Å². The van der Waals surface area contributed by atoms with Crippen molar-refractivity contribution in [3.05, 3.63) is 63.2 Å². The number of fused-ring (bicyclic) bond motifs is 1. The Bertz CT molecular complexity index is 1110. The summed E-state index contributed by atoms with van der Waals surface area (Å²) in [6.07, 6.45) is 0. The summed E-state index contributed by atoms with van der Waals surface area (Å²) >= 11 is 4.36. The van der Waals surface area contributed by atoms with Gasteiger partial charge >= 0.3 is 0 Å². The number of carbonyl (C=O) groups is 3. The third-order valence-electron chi connectivity index (χ3n) is 4.11. The predicted molar refractivity (Wildman–Crippen MR) is 108 cm³/mol. The number of benzene rings is 2. The van der Waals surface area contributed by atoms with Crippen LogP contribution >= 0.6 is 27.7 Å². The number of imide groups is 1. The molecule has 1 N–H and O–H groups in total. The maximum absolute atomic E-state index is 13.0. The molecule has 28 heavy (non-hydrogen) atoms. The van der Waals surface area contributed by atoms with Gasteiger partial charge in [-0.05, 0) is 54.2 Å². The number of hydrogen-bond acceptors (Lipinski definition) is 5. The van der Waals surface area contributed by atoms with E-state index in [1.54, 1.807) is 18.2 Å². The van der Waals surface area contributed by atoms with E-state index in [9.17, 15) is 18.8 Å². The summed E-state index contributed by atoms with van der Waals surface area (Å²) in [5.41, 5.74) is 1.54. The molecule has 140 valence electrons. The molecule has 0 saturated carbocycles. The number of halogens is 2. The largest absolute Gasteiger partial charge is 0.300 e. The van der Waals surface area contributed by atoms with Crippen molar-refractivity contribution >= 4 is 67.5 Å².